The largest absolute Gasteiger partial charge is 0.351 e. The Morgan fingerprint density at radius 1 is 1.03 bits per heavy atom. The lowest BCUT2D eigenvalue weighted by atomic mass is 9.90. The molecule has 2 aromatic rings. The topological polar surface area (TPSA) is 61.4 Å². The van der Waals surface area contributed by atoms with Crippen LogP contribution in [-0.2, 0) is 16.1 Å². The van der Waals surface area contributed by atoms with E-state index in [2.05, 4.69) is 39.8 Å². The van der Waals surface area contributed by atoms with Crippen LogP contribution in [0.3, 0.4) is 0 Å². The van der Waals surface area contributed by atoms with Gasteiger partial charge < -0.3 is 10.6 Å². The van der Waals surface area contributed by atoms with Crippen molar-refractivity contribution in [2.45, 2.75) is 44.3 Å². The number of hydrogen-bond donors (Lipinski definition) is 2. The summed E-state index contributed by atoms with van der Waals surface area (Å²) >= 11 is 0. The molecule has 0 spiro atoms. The number of piperidine rings is 2. The quantitative estimate of drug-likeness (QED) is 0.824. The average molecular weight is 392 g/mol. The number of nitrogens with zero attached hydrogens (tertiary/aromatic N) is 1. The summed E-state index contributed by atoms with van der Waals surface area (Å²) in [6.07, 6.45) is 3.09. The molecule has 5 nitrogen and oxygen atoms in total. The van der Waals surface area contributed by atoms with Gasteiger partial charge in [-0.2, -0.15) is 0 Å². The first-order chi connectivity index (χ1) is 14.2. The Morgan fingerprint density at radius 3 is 2.52 bits per heavy atom. The number of carbonyl (C=O) groups is 2. The second-order valence-electron chi connectivity index (χ2n) is 8.17. The summed E-state index contributed by atoms with van der Waals surface area (Å²) in [4.78, 5) is 27.4. The van der Waals surface area contributed by atoms with Crippen LogP contribution in [0.15, 0.2) is 60.7 Å². The van der Waals surface area contributed by atoms with Gasteiger partial charge in [0.05, 0.1) is 18.0 Å². The van der Waals surface area contributed by atoms with Crippen LogP contribution in [0.5, 0.6) is 0 Å². The first kappa shape index (κ1) is 19.6. The molecule has 29 heavy (non-hydrogen) atoms. The van der Waals surface area contributed by atoms with Gasteiger partial charge in [-0.1, -0.05) is 60.7 Å². The summed E-state index contributed by atoms with van der Waals surface area (Å²) in [7, 11) is 0. The zero-order chi connectivity index (χ0) is 20.1. The molecular weight excluding hydrogens is 362 g/mol. The van der Waals surface area contributed by atoms with Gasteiger partial charge in [0.25, 0.3) is 0 Å². The zero-order valence-corrected chi connectivity index (χ0v) is 16.7. The Bertz CT molecular complexity index is 825. The smallest absolute Gasteiger partial charge is 0.224 e. The fourth-order valence-corrected chi connectivity index (χ4v) is 4.49. The van der Waals surface area contributed by atoms with E-state index < -0.39 is 0 Å². The SMILES string of the molecule is O=C1CC[C@H](NC(=O)[C@@H]2CCCN(Cc3ccccc3)C2)[C@@H](c2ccccc2)N1. The van der Waals surface area contributed by atoms with Crippen molar-refractivity contribution < 1.29 is 9.59 Å². The maximum atomic E-state index is 13.1. The highest BCUT2D eigenvalue weighted by Gasteiger charge is 2.33. The molecule has 2 saturated heterocycles. The molecule has 0 unspecified atom stereocenters. The highest BCUT2D eigenvalue weighted by atomic mass is 16.2. The molecule has 0 aromatic heterocycles. The Kier molecular flexibility index (Phi) is 6.25. The predicted molar refractivity (Wildman–Crippen MR) is 113 cm³/mol. The van der Waals surface area contributed by atoms with Gasteiger partial charge in [-0.25, -0.2) is 0 Å². The number of rotatable bonds is 5. The summed E-state index contributed by atoms with van der Waals surface area (Å²) in [6.45, 7) is 2.71. The third-order valence-electron chi connectivity index (χ3n) is 6.01. The number of likely N-dealkylation sites (tertiary alicyclic amines) is 1. The monoisotopic (exact) mass is 391 g/mol. The van der Waals surface area contributed by atoms with Crippen LogP contribution in [0.4, 0.5) is 0 Å². The minimum atomic E-state index is -0.162. The van der Waals surface area contributed by atoms with Crippen molar-refractivity contribution >= 4 is 11.8 Å². The van der Waals surface area contributed by atoms with Gasteiger partial charge in [-0.15, -0.1) is 0 Å². The molecule has 152 valence electrons. The molecule has 3 atom stereocenters. The van der Waals surface area contributed by atoms with Gasteiger partial charge in [0.15, 0.2) is 0 Å². The van der Waals surface area contributed by atoms with Gasteiger partial charge in [0.2, 0.25) is 11.8 Å². The first-order valence-corrected chi connectivity index (χ1v) is 10.6. The molecule has 4 rings (SSSR count). The van der Waals surface area contributed by atoms with Crippen molar-refractivity contribution in [1.29, 1.82) is 0 Å². The van der Waals surface area contributed by atoms with E-state index in [4.69, 9.17) is 0 Å². The van der Waals surface area contributed by atoms with E-state index in [-0.39, 0.29) is 29.8 Å². The lowest BCUT2D eigenvalue weighted by Gasteiger charge is -2.36. The third kappa shape index (κ3) is 5.04. The van der Waals surface area contributed by atoms with Crippen LogP contribution in [-0.4, -0.2) is 35.8 Å². The predicted octanol–water partition coefficient (Wildman–Crippen LogP) is 3.03. The van der Waals surface area contributed by atoms with E-state index in [9.17, 15) is 9.59 Å². The number of carbonyl (C=O) groups excluding carboxylic acids is 2. The van der Waals surface area contributed by atoms with E-state index in [0.717, 1.165) is 38.0 Å². The normalized spacial score (nSPS) is 25.2. The van der Waals surface area contributed by atoms with Crippen molar-refractivity contribution in [3.63, 3.8) is 0 Å². The lowest BCUT2D eigenvalue weighted by molar-refractivity contribution is -0.130. The molecule has 2 aliphatic rings. The van der Waals surface area contributed by atoms with Crippen molar-refractivity contribution in [1.82, 2.24) is 15.5 Å². The molecule has 2 heterocycles. The van der Waals surface area contributed by atoms with Gasteiger partial charge in [0.1, 0.15) is 0 Å². The van der Waals surface area contributed by atoms with Gasteiger partial charge in [-0.3, -0.25) is 14.5 Å². The van der Waals surface area contributed by atoms with Gasteiger partial charge in [-0.05, 0) is 36.9 Å². The molecule has 5 heteroatoms. The molecule has 0 radical (unpaired) electrons. The summed E-state index contributed by atoms with van der Waals surface area (Å²) in [5.74, 6) is 0.169. The minimum absolute atomic E-state index is 0.00140. The number of nitrogens with one attached hydrogen (secondary N) is 2. The maximum Gasteiger partial charge on any atom is 0.224 e. The van der Waals surface area contributed by atoms with E-state index in [0.29, 0.717) is 12.8 Å². The zero-order valence-electron chi connectivity index (χ0n) is 16.7. The highest BCUT2D eigenvalue weighted by Crippen LogP contribution is 2.25. The number of amides is 2. The number of benzene rings is 2. The Labute approximate surface area is 172 Å². The Hall–Kier alpha value is -2.66. The van der Waals surface area contributed by atoms with Gasteiger partial charge in [0, 0.05) is 19.5 Å². The first-order valence-electron chi connectivity index (χ1n) is 10.6. The van der Waals surface area contributed by atoms with Crippen molar-refractivity contribution in [3.8, 4) is 0 Å². The summed E-state index contributed by atoms with van der Waals surface area (Å²) < 4.78 is 0. The van der Waals surface area contributed by atoms with Crippen LogP contribution in [0.25, 0.3) is 0 Å². The maximum absolute atomic E-state index is 13.1. The van der Waals surface area contributed by atoms with E-state index in [1.807, 2.05) is 36.4 Å². The molecule has 0 aliphatic carbocycles. The van der Waals surface area contributed by atoms with Crippen LogP contribution in [0.2, 0.25) is 0 Å². The van der Waals surface area contributed by atoms with Crippen LogP contribution in [0, 0.1) is 5.92 Å². The molecule has 2 aromatic carbocycles. The van der Waals surface area contributed by atoms with Crippen LogP contribution >= 0.6 is 0 Å². The highest BCUT2D eigenvalue weighted by molar-refractivity contribution is 5.81. The molecule has 0 saturated carbocycles. The standard InChI is InChI=1S/C24H29N3O2/c28-22-14-13-21(23(26-22)19-10-5-2-6-11-19)25-24(29)20-12-7-15-27(17-20)16-18-8-3-1-4-9-18/h1-6,8-11,20-21,23H,7,12-17H2,(H,25,29)(H,26,28)/t20-,21+,23-/m1/s1. The van der Waals surface area contributed by atoms with Crippen molar-refractivity contribution in [2.75, 3.05) is 13.1 Å². The molecule has 0 bridgehead atoms. The van der Waals surface area contributed by atoms with E-state index in [1.54, 1.807) is 0 Å². The summed E-state index contributed by atoms with van der Waals surface area (Å²) in [6, 6.07) is 20.1. The van der Waals surface area contributed by atoms with Crippen LogP contribution in [0.1, 0.15) is 42.9 Å². The summed E-state index contributed by atoms with van der Waals surface area (Å²) in [5, 5.41) is 6.33. The lowest BCUT2D eigenvalue weighted by Crippen LogP contribution is -2.53. The Balaban J connectivity index is 1.39. The van der Waals surface area contributed by atoms with Crippen molar-refractivity contribution in [3.05, 3.63) is 71.8 Å². The van der Waals surface area contributed by atoms with E-state index >= 15 is 0 Å². The molecule has 2 fully saturated rings. The second kappa shape index (κ2) is 9.23. The molecule has 2 aliphatic heterocycles. The van der Waals surface area contributed by atoms with Crippen molar-refractivity contribution in [2.24, 2.45) is 5.92 Å². The van der Waals surface area contributed by atoms with Gasteiger partial charge >= 0.3 is 0 Å². The molecule has 2 amide bonds. The minimum Gasteiger partial charge on any atom is -0.351 e. The third-order valence-corrected chi connectivity index (χ3v) is 6.01. The summed E-state index contributed by atoms with van der Waals surface area (Å²) in [5.41, 5.74) is 2.33. The van der Waals surface area contributed by atoms with Crippen LogP contribution < -0.4 is 10.6 Å². The fraction of sp³-hybridized carbons (Fsp3) is 0.417. The Morgan fingerprint density at radius 2 is 1.76 bits per heavy atom. The molecular formula is C24H29N3O2. The van der Waals surface area contributed by atoms with E-state index in [1.165, 1.54) is 5.56 Å². The molecule has 2 N–H and O–H groups in total. The average Bonchev–Trinajstić information content (AvgIpc) is 2.76. The fourth-order valence-electron chi connectivity index (χ4n) is 4.49. The number of hydrogen-bond acceptors (Lipinski definition) is 3. The second-order valence-corrected chi connectivity index (χ2v) is 8.17.